The Balaban J connectivity index is 2.21. The molecule has 1 aliphatic rings. The number of hydrazone groups is 1. The van der Waals surface area contributed by atoms with Crippen LogP contribution in [0.15, 0.2) is 5.10 Å². The average molecular weight is 98.1 g/mol. The first-order valence-electron chi connectivity index (χ1n) is 2.11. The molecule has 0 aromatic heterocycles. The van der Waals surface area contributed by atoms with Crippen LogP contribution in [0, 0.1) is 0 Å². The molecule has 0 bridgehead atoms. The van der Waals surface area contributed by atoms with Crippen molar-refractivity contribution in [2.24, 2.45) is 5.10 Å². The minimum Gasteiger partial charge on any atom is -0.300 e. The summed E-state index contributed by atoms with van der Waals surface area (Å²) in [5, 5.41) is 3.59. The highest BCUT2D eigenvalue weighted by Gasteiger charge is 2.09. The molecule has 0 spiro atoms. The Kier molecular flexibility index (Phi) is 0.817. The third kappa shape index (κ3) is 1.34. The molecule has 3 nitrogen and oxygen atoms in total. The van der Waals surface area contributed by atoms with Gasteiger partial charge < -0.3 is 0 Å². The van der Waals surface area contributed by atoms with Gasteiger partial charge in [-0.05, 0) is 6.92 Å². The fourth-order valence-corrected chi connectivity index (χ4v) is 0.354. The van der Waals surface area contributed by atoms with E-state index >= 15 is 0 Å². The maximum atomic E-state index is 10.2. The predicted molar refractivity (Wildman–Crippen MR) is 25.9 cm³/mol. The predicted octanol–water partition coefficient (Wildman–Crippen LogP) is -0.118. The Hall–Kier alpha value is -0.860. The van der Waals surface area contributed by atoms with E-state index < -0.39 is 0 Å². The fraction of sp³-hybridized carbons (Fsp3) is 0.500. The van der Waals surface area contributed by atoms with Crippen molar-refractivity contribution in [2.75, 3.05) is 0 Å². The van der Waals surface area contributed by atoms with Crippen molar-refractivity contribution in [1.82, 2.24) is 5.43 Å². The van der Waals surface area contributed by atoms with E-state index in [0.29, 0.717) is 6.42 Å². The molecule has 0 aliphatic carbocycles. The molecule has 0 aromatic carbocycles. The molecule has 3 heteroatoms. The number of amidine groups is 1. The second-order valence-corrected chi connectivity index (χ2v) is 1.55. The number of Topliss-reactive ketones (excluding diaryl/α,β-unsaturated/α-hetero) is 1. The van der Waals surface area contributed by atoms with Gasteiger partial charge in [-0.3, -0.25) is 10.2 Å². The van der Waals surface area contributed by atoms with E-state index in [1.165, 1.54) is 0 Å². The summed E-state index contributed by atoms with van der Waals surface area (Å²) in [5.41, 5.74) is 2.59. The maximum Gasteiger partial charge on any atom is 0.150 e. The molecule has 0 saturated heterocycles. The number of nitrogens with one attached hydrogen (secondary N) is 1. The summed E-state index contributed by atoms with van der Waals surface area (Å²) in [6.07, 6.45) is 0.472. The molecule has 38 valence electrons. The zero-order chi connectivity index (χ0) is 5.28. The molecule has 7 heavy (non-hydrogen) atoms. The van der Waals surface area contributed by atoms with Crippen LogP contribution in [0.3, 0.4) is 0 Å². The van der Waals surface area contributed by atoms with Crippen molar-refractivity contribution in [3.8, 4) is 0 Å². The maximum absolute atomic E-state index is 10.2. The highest BCUT2D eigenvalue weighted by atomic mass is 16.1. The lowest BCUT2D eigenvalue weighted by atomic mass is 10.3. The van der Waals surface area contributed by atoms with E-state index in [9.17, 15) is 4.79 Å². The zero-order valence-corrected chi connectivity index (χ0v) is 4.06. The molecular formula is C4H6N2O. The lowest BCUT2D eigenvalue weighted by molar-refractivity contribution is -0.115. The first kappa shape index (κ1) is 4.30. The second kappa shape index (κ2) is 1.33. The number of carbonyl (C=O) groups excluding carboxylic acids is 1. The second-order valence-electron chi connectivity index (χ2n) is 1.55. The van der Waals surface area contributed by atoms with E-state index in [2.05, 4.69) is 10.5 Å². The third-order valence-corrected chi connectivity index (χ3v) is 0.686. The van der Waals surface area contributed by atoms with E-state index in [1.54, 1.807) is 6.92 Å². The van der Waals surface area contributed by atoms with E-state index in [-0.39, 0.29) is 5.78 Å². The van der Waals surface area contributed by atoms with E-state index in [4.69, 9.17) is 0 Å². The van der Waals surface area contributed by atoms with Crippen LogP contribution in [0.2, 0.25) is 0 Å². The molecule has 0 atom stereocenters. The normalized spacial score (nSPS) is 14.7. The smallest absolute Gasteiger partial charge is 0.150 e. The van der Waals surface area contributed by atoms with Gasteiger partial charge in [-0.15, -0.1) is 0 Å². The van der Waals surface area contributed by atoms with Crippen LogP contribution >= 0.6 is 0 Å². The van der Waals surface area contributed by atoms with Gasteiger partial charge in [0.15, 0.2) is 0 Å². The van der Waals surface area contributed by atoms with Gasteiger partial charge in [-0.1, -0.05) is 0 Å². The minimum atomic E-state index is 0.156. The van der Waals surface area contributed by atoms with Crippen molar-refractivity contribution >= 4 is 11.6 Å². The Morgan fingerprint density at radius 1 is 2.00 bits per heavy atom. The van der Waals surface area contributed by atoms with Crippen molar-refractivity contribution in [3.05, 3.63) is 0 Å². The molecule has 1 heterocycles. The SMILES string of the molecule is CC(=O)CC1=NN1. The van der Waals surface area contributed by atoms with Gasteiger partial charge in [-0.2, -0.15) is 5.10 Å². The van der Waals surface area contributed by atoms with Crippen LogP contribution in [-0.4, -0.2) is 11.6 Å². The van der Waals surface area contributed by atoms with E-state index in [0.717, 1.165) is 5.84 Å². The number of ketones is 1. The summed E-state index contributed by atoms with van der Waals surface area (Å²) < 4.78 is 0. The minimum absolute atomic E-state index is 0.156. The van der Waals surface area contributed by atoms with Crippen LogP contribution in [0.25, 0.3) is 0 Å². The number of hydrogen-bond donors (Lipinski definition) is 1. The van der Waals surface area contributed by atoms with Crippen LogP contribution in [0.5, 0.6) is 0 Å². The molecule has 0 unspecified atom stereocenters. The third-order valence-electron chi connectivity index (χ3n) is 0.686. The van der Waals surface area contributed by atoms with Crippen molar-refractivity contribution in [3.63, 3.8) is 0 Å². The quantitative estimate of drug-likeness (QED) is 0.523. The summed E-state index contributed by atoms with van der Waals surface area (Å²) in [4.78, 5) is 10.2. The molecule has 0 amide bonds. The Bertz CT molecular complexity index is 128. The molecule has 0 saturated carbocycles. The highest BCUT2D eigenvalue weighted by Crippen LogP contribution is 1.92. The van der Waals surface area contributed by atoms with Crippen LogP contribution in [0.1, 0.15) is 13.3 Å². The monoisotopic (exact) mass is 98.0 g/mol. The zero-order valence-electron chi connectivity index (χ0n) is 4.06. The van der Waals surface area contributed by atoms with E-state index in [1.807, 2.05) is 0 Å². The van der Waals surface area contributed by atoms with Gasteiger partial charge in [0.25, 0.3) is 0 Å². The number of carbonyl (C=O) groups is 1. The van der Waals surface area contributed by atoms with Gasteiger partial charge in [-0.25, -0.2) is 0 Å². The summed E-state index contributed by atoms with van der Waals surface area (Å²) in [6, 6.07) is 0. The molecule has 0 fully saturated rings. The molecule has 1 rings (SSSR count). The topological polar surface area (TPSA) is 51.4 Å². The van der Waals surface area contributed by atoms with Gasteiger partial charge in [0.2, 0.25) is 0 Å². The Labute approximate surface area is 41.4 Å². The lowest BCUT2D eigenvalue weighted by Crippen LogP contribution is -1.98. The first-order valence-corrected chi connectivity index (χ1v) is 2.11. The lowest BCUT2D eigenvalue weighted by Gasteiger charge is -1.76. The van der Waals surface area contributed by atoms with Gasteiger partial charge in [0, 0.05) is 0 Å². The summed E-state index contributed by atoms with van der Waals surface area (Å²) in [7, 11) is 0. The molecule has 0 radical (unpaired) electrons. The highest BCUT2D eigenvalue weighted by molar-refractivity contribution is 6.04. The average Bonchev–Trinajstić information content (AvgIpc) is 2.17. The summed E-state index contributed by atoms with van der Waals surface area (Å²) >= 11 is 0. The first-order chi connectivity index (χ1) is 3.29. The summed E-state index contributed by atoms with van der Waals surface area (Å²) in [6.45, 7) is 1.54. The Morgan fingerprint density at radius 3 is 2.71 bits per heavy atom. The fourth-order valence-electron chi connectivity index (χ4n) is 0.354. The molecule has 1 N–H and O–H groups in total. The number of rotatable bonds is 2. The molecule has 1 aliphatic heterocycles. The van der Waals surface area contributed by atoms with Gasteiger partial charge >= 0.3 is 0 Å². The Morgan fingerprint density at radius 2 is 2.57 bits per heavy atom. The van der Waals surface area contributed by atoms with Crippen LogP contribution < -0.4 is 5.43 Å². The van der Waals surface area contributed by atoms with Crippen LogP contribution in [-0.2, 0) is 4.79 Å². The standard InChI is InChI=1S/C4H6N2O/c1-3(7)2-4-5-6-4/h2H2,1H3,(H,5,6). The van der Waals surface area contributed by atoms with Crippen molar-refractivity contribution in [1.29, 1.82) is 0 Å². The molecule has 0 aromatic rings. The van der Waals surface area contributed by atoms with Crippen molar-refractivity contribution < 1.29 is 4.79 Å². The van der Waals surface area contributed by atoms with Crippen molar-refractivity contribution in [2.45, 2.75) is 13.3 Å². The van der Waals surface area contributed by atoms with Crippen LogP contribution in [0.4, 0.5) is 0 Å². The summed E-state index contributed by atoms with van der Waals surface area (Å²) in [5.74, 6) is 0.969. The van der Waals surface area contributed by atoms with Gasteiger partial charge in [0.1, 0.15) is 11.6 Å². The number of hydrogen-bond acceptors (Lipinski definition) is 3. The van der Waals surface area contributed by atoms with Gasteiger partial charge in [0.05, 0.1) is 6.42 Å². The number of nitrogens with zero attached hydrogens (tertiary/aromatic N) is 1. The largest absolute Gasteiger partial charge is 0.300 e. The molecular weight excluding hydrogens is 92.1 g/mol.